The highest BCUT2D eigenvalue weighted by atomic mass is 16.5. The minimum absolute atomic E-state index is 0.0318. The van der Waals surface area contributed by atoms with E-state index < -0.39 is 6.10 Å². The number of hydrogen-bond acceptors (Lipinski definition) is 3. The van der Waals surface area contributed by atoms with Gasteiger partial charge in [0.2, 0.25) is 0 Å². The molecule has 0 saturated carbocycles. The zero-order valence-corrected chi connectivity index (χ0v) is 14.6. The number of rotatable bonds is 7. The van der Waals surface area contributed by atoms with Crippen molar-refractivity contribution in [3.63, 3.8) is 0 Å². The molecule has 1 aromatic rings. The fourth-order valence-corrected chi connectivity index (χ4v) is 2.79. The van der Waals surface area contributed by atoms with Crippen LogP contribution in [0.2, 0.25) is 0 Å². The predicted molar refractivity (Wildman–Crippen MR) is 89.7 cm³/mol. The molecule has 0 spiro atoms. The van der Waals surface area contributed by atoms with E-state index in [4.69, 9.17) is 4.74 Å². The van der Waals surface area contributed by atoms with Gasteiger partial charge >= 0.3 is 0 Å². The van der Waals surface area contributed by atoms with E-state index in [0.29, 0.717) is 30.8 Å². The Kier molecular flexibility index (Phi) is 6.88. The lowest BCUT2D eigenvalue weighted by molar-refractivity contribution is 0.0765. The Morgan fingerprint density at radius 2 is 1.86 bits per heavy atom. The van der Waals surface area contributed by atoms with Gasteiger partial charge in [0.05, 0.1) is 18.8 Å². The van der Waals surface area contributed by atoms with Crippen LogP contribution in [0.15, 0.2) is 12.1 Å². The van der Waals surface area contributed by atoms with Gasteiger partial charge in [-0.05, 0) is 38.3 Å². The molecule has 0 bridgehead atoms. The average molecular weight is 307 g/mol. The molecule has 0 fully saturated rings. The second-order valence-electron chi connectivity index (χ2n) is 5.62. The number of ether oxygens (including phenoxy) is 1. The number of carbonyl (C=O) groups is 1. The number of nitrogens with zero attached hydrogens (tertiary/aromatic N) is 1. The third-order valence-electron chi connectivity index (χ3n) is 4.34. The monoisotopic (exact) mass is 307 g/mol. The highest BCUT2D eigenvalue weighted by Crippen LogP contribution is 2.34. The van der Waals surface area contributed by atoms with E-state index in [1.165, 1.54) is 0 Å². The standard InChI is InChI=1S/C18H29NO3/c1-7-15(20)13(5)14-11-10-12(4)17(22-6)16(14)18(21)19(8-2)9-3/h10-11,13,15,20H,7-9H2,1-6H3. The normalized spacial score (nSPS) is 13.6. The summed E-state index contributed by atoms with van der Waals surface area (Å²) >= 11 is 0. The van der Waals surface area contributed by atoms with Crippen LogP contribution < -0.4 is 4.74 Å². The number of carbonyl (C=O) groups excluding carboxylic acids is 1. The van der Waals surface area contributed by atoms with Crippen molar-refractivity contribution in [1.82, 2.24) is 4.90 Å². The van der Waals surface area contributed by atoms with Crippen molar-refractivity contribution in [2.24, 2.45) is 0 Å². The molecule has 1 rings (SSSR count). The largest absolute Gasteiger partial charge is 0.496 e. The van der Waals surface area contributed by atoms with Gasteiger partial charge in [-0.2, -0.15) is 0 Å². The Bertz CT molecular complexity index is 509. The number of methoxy groups -OCH3 is 1. The van der Waals surface area contributed by atoms with E-state index in [1.807, 2.05) is 46.8 Å². The lowest BCUT2D eigenvalue weighted by Gasteiger charge is -2.26. The van der Waals surface area contributed by atoms with Crippen LogP contribution in [0, 0.1) is 6.92 Å². The molecule has 0 saturated heterocycles. The molecular formula is C18H29NO3. The lowest BCUT2D eigenvalue weighted by atomic mass is 9.88. The van der Waals surface area contributed by atoms with Gasteiger partial charge in [0, 0.05) is 19.0 Å². The van der Waals surface area contributed by atoms with Crippen LogP contribution in [0.4, 0.5) is 0 Å². The van der Waals surface area contributed by atoms with Crippen LogP contribution in [0.25, 0.3) is 0 Å². The third-order valence-corrected chi connectivity index (χ3v) is 4.34. The van der Waals surface area contributed by atoms with Crippen LogP contribution in [-0.4, -0.2) is 42.2 Å². The third kappa shape index (κ3) is 3.61. The Morgan fingerprint density at radius 3 is 2.32 bits per heavy atom. The van der Waals surface area contributed by atoms with Gasteiger partial charge < -0.3 is 14.7 Å². The second kappa shape index (κ2) is 8.18. The molecule has 0 aliphatic carbocycles. The highest BCUT2D eigenvalue weighted by molar-refractivity contribution is 5.99. The average Bonchev–Trinajstić information content (AvgIpc) is 2.53. The molecule has 1 aromatic carbocycles. The van der Waals surface area contributed by atoms with Crippen LogP contribution in [0.1, 0.15) is 61.5 Å². The zero-order chi connectivity index (χ0) is 16.9. The Morgan fingerprint density at radius 1 is 1.27 bits per heavy atom. The molecule has 0 aliphatic heterocycles. The summed E-state index contributed by atoms with van der Waals surface area (Å²) in [6, 6.07) is 3.89. The van der Waals surface area contributed by atoms with Gasteiger partial charge in [0.25, 0.3) is 5.91 Å². The molecule has 2 atom stereocenters. The number of amides is 1. The van der Waals surface area contributed by atoms with E-state index in [9.17, 15) is 9.90 Å². The fourth-order valence-electron chi connectivity index (χ4n) is 2.79. The summed E-state index contributed by atoms with van der Waals surface area (Å²) in [5, 5.41) is 10.2. The summed E-state index contributed by atoms with van der Waals surface area (Å²) in [4.78, 5) is 14.7. The predicted octanol–water partition coefficient (Wildman–Crippen LogP) is 3.36. The first kappa shape index (κ1) is 18.5. The lowest BCUT2D eigenvalue weighted by Crippen LogP contribution is -2.32. The molecule has 0 radical (unpaired) electrons. The van der Waals surface area contributed by atoms with Crippen LogP contribution in [0.3, 0.4) is 0 Å². The van der Waals surface area contributed by atoms with Gasteiger partial charge in [-0.25, -0.2) is 0 Å². The summed E-state index contributed by atoms with van der Waals surface area (Å²) in [6.07, 6.45) is 0.173. The Labute approximate surface area is 134 Å². The quantitative estimate of drug-likeness (QED) is 0.840. The van der Waals surface area contributed by atoms with Gasteiger partial charge in [0.1, 0.15) is 5.75 Å². The maximum atomic E-state index is 12.9. The topological polar surface area (TPSA) is 49.8 Å². The number of aliphatic hydroxyl groups is 1. The van der Waals surface area contributed by atoms with E-state index in [-0.39, 0.29) is 11.8 Å². The molecule has 2 unspecified atom stereocenters. The van der Waals surface area contributed by atoms with Gasteiger partial charge in [-0.15, -0.1) is 0 Å². The van der Waals surface area contributed by atoms with Crippen molar-refractivity contribution in [1.29, 1.82) is 0 Å². The van der Waals surface area contributed by atoms with Gasteiger partial charge in [-0.1, -0.05) is 26.0 Å². The molecule has 124 valence electrons. The maximum Gasteiger partial charge on any atom is 0.257 e. The summed E-state index contributed by atoms with van der Waals surface area (Å²) < 4.78 is 5.51. The fraction of sp³-hybridized carbons (Fsp3) is 0.611. The minimum Gasteiger partial charge on any atom is -0.496 e. The molecule has 1 N–H and O–H groups in total. The van der Waals surface area contributed by atoms with Crippen LogP contribution in [0.5, 0.6) is 5.75 Å². The maximum absolute atomic E-state index is 12.9. The number of benzene rings is 1. The summed E-state index contributed by atoms with van der Waals surface area (Å²) in [5.41, 5.74) is 2.37. The van der Waals surface area contributed by atoms with E-state index >= 15 is 0 Å². The first-order valence-corrected chi connectivity index (χ1v) is 8.07. The molecule has 0 aliphatic rings. The zero-order valence-electron chi connectivity index (χ0n) is 14.6. The molecule has 0 aromatic heterocycles. The van der Waals surface area contributed by atoms with Crippen LogP contribution >= 0.6 is 0 Å². The summed E-state index contributed by atoms with van der Waals surface area (Å²) in [7, 11) is 1.59. The molecule has 1 amide bonds. The highest BCUT2D eigenvalue weighted by Gasteiger charge is 2.27. The van der Waals surface area contributed by atoms with Crippen molar-refractivity contribution < 1.29 is 14.6 Å². The van der Waals surface area contributed by atoms with E-state index in [0.717, 1.165) is 11.1 Å². The molecule has 22 heavy (non-hydrogen) atoms. The number of hydrogen-bond donors (Lipinski definition) is 1. The number of aliphatic hydroxyl groups excluding tert-OH is 1. The van der Waals surface area contributed by atoms with Crippen molar-refractivity contribution in [3.8, 4) is 5.75 Å². The van der Waals surface area contributed by atoms with Gasteiger partial charge in [0.15, 0.2) is 0 Å². The Balaban J connectivity index is 3.49. The minimum atomic E-state index is -0.476. The second-order valence-corrected chi connectivity index (χ2v) is 5.62. The molecule has 4 heteroatoms. The summed E-state index contributed by atoms with van der Waals surface area (Å²) in [5.74, 6) is 0.467. The molecular weight excluding hydrogens is 278 g/mol. The summed E-state index contributed by atoms with van der Waals surface area (Å²) in [6.45, 7) is 11.1. The smallest absolute Gasteiger partial charge is 0.257 e. The number of aryl methyl sites for hydroxylation is 1. The molecule has 4 nitrogen and oxygen atoms in total. The van der Waals surface area contributed by atoms with E-state index in [2.05, 4.69) is 0 Å². The Hall–Kier alpha value is -1.55. The first-order valence-electron chi connectivity index (χ1n) is 8.07. The van der Waals surface area contributed by atoms with Crippen molar-refractivity contribution in [2.75, 3.05) is 20.2 Å². The van der Waals surface area contributed by atoms with Crippen molar-refractivity contribution in [2.45, 2.75) is 53.1 Å². The van der Waals surface area contributed by atoms with E-state index in [1.54, 1.807) is 12.0 Å². The van der Waals surface area contributed by atoms with Crippen molar-refractivity contribution in [3.05, 3.63) is 28.8 Å². The van der Waals surface area contributed by atoms with Crippen molar-refractivity contribution >= 4 is 5.91 Å². The SMILES string of the molecule is CCC(O)C(C)c1ccc(C)c(OC)c1C(=O)N(CC)CC. The molecule has 0 heterocycles. The first-order chi connectivity index (χ1) is 10.4. The van der Waals surface area contributed by atoms with Crippen LogP contribution in [-0.2, 0) is 0 Å². The van der Waals surface area contributed by atoms with Gasteiger partial charge in [-0.3, -0.25) is 4.79 Å².